The van der Waals surface area contributed by atoms with Gasteiger partial charge in [0.05, 0.1) is 0 Å². The van der Waals surface area contributed by atoms with Crippen molar-refractivity contribution >= 4 is 15.2 Å². The first kappa shape index (κ1) is 7.87. The third-order valence-electron chi connectivity index (χ3n) is 1.29. The van der Waals surface area contributed by atoms with Crippen LogP contribution in [0.25, 0.3) is 0 Å². The summed E-state index contributed by atoms with van der Waals surface area (Å²) in [6, 6.07) is 0. The zero-order valence-corrected chi connectivity index (χ0v) is 6.30. The maximum absolute atomic E-state index is 10.3. The van der Waals surface area contributed by atoms with Crippen LogP contribution in [-0.2, 0) is 10.3 Å². The van der Waals surface area contributed by atoms with E-state index in [0.717, 1.165) is 0 Å². The Balaban J connectivity index is 3.31. The van der Waals surface area contributed by atoms with Gasteiger partial charge in [-0.05, 0) is 6.08 Å². The molecule has 0 fully saturated rings. The van der Waals surface area contributed by atoms with Crippen molar-refractivity contribution in [2.75, 3.05) is 0 Å². The Hall–Kier alpha value is -1.23. The van der Waals surface area contributed by atoms with Crippen molar-refractivity contribution in [1.82, 2.24) is 0 Å². The molecule has 0 spiro atoms. The van der Waals surface area contributed by atoms with E-state index in [-0.39, 0.29) is 11.3 Å². The number of aliphatic hydroxyl groups is 2. The van der Waals surface area contributed by atoms with Crippen LogP contribution in [0.15, 0.2) is 23.7 Å². The highest BCUT2D eigenvalue weighted by Gasteiger charge is 2.13. The molecule has 0 amide bonds. The molecule has 1 aliphatic rings. The first-order chi connectivity index (χ1) is 5.13. The number of hydrogen-bond acceptors (Lipinski definition) is 4. The molecule has 0 saturated carbocycles. The molecule has 0 aliphatic heterocycles. The molecule has 11 heavy (non-hydrogen) atoms. The molecule has 0 aromatic carbocycles. The Labute approximate surface area is 64.6 Å². The van der Waals surface area contributed by atoms with Gasteiger partial charge in [-0.25, -0.2) is 0 Å². The minimum absolute atomic E-state index is 0.131. The predicted molar refractivity (Wildman–Crippen MR) is 40.0 cm³/mol. The molecular formula is C6H6O4S. The molecule has 1 aliphatic carbocycles. The lowest BCUT2D eigenvalue weighted by atomic mass is 10.1. The molecular weight excluding hydrogens is 168 g/mol. The monoisotopic (exact) mass is 174 g/mol. The van der Waals surface area contributed by atoms with Gasteiger partial charge in [-0.3, -0.25) is 0 Å². The van der Waals surface area contributed by atoms with Gasteiger partial charge in [0, 0.05) is 6.42 Å². The molecule has 0 aromatic rings. The van der Waals surface area contributed by atoms with Crippen LogP contribution >= 0.6 is 0 Å². The van der Waals surface area contributed by atoms with Crippen LogP contribution in [0, 0.1) is 0 Å². The second-order valence-electron chi connectivity index (χ2n) is 2.00. The van der Waals surface area contributed by atoms with Gasteiger partial charge >= 0.3 is 0 Å². The van der Waals surface area contributed by atoms with Gasteiger partial charge in [0.15, 0.2) is 11.5 Å². The summed E-state index contributed by atoms with van der Waals surface area (Å²) in [6.45, 7) is 0. The van der Waals surface area contributed by atoms with Crippen LogP contribution < -0.4 is 0 Å². The molecule has 0 saturated heterocycles. The molecule has 60 valence electrons. The van der Waals surface area contributed by atoms with E-state index < -0.39 is 21.8 Å². The topological polar surface area (TPSA) is 74.6 Å². The second-order valence-corrected chi connectivity index (χ2v) is 2.96. The van der Waals surface area contributed by atoms with Crippen LogP contribution in [0.2, 0.25) is 0 Å². The van der Waals surface area contributed by atoms with Crippen LogP contribution in [0.1, 0.15) is 6.42 Å². The molecule has 0 bridgehead atoms. The fraction of sp³-hybridized carbons (Fsp3) is 0.167. The molecule has 2 N–H and O–H groups in total. The van der Waals surface area contributed by atoms with Crippen LogP contribution in [0.3, 0.4) is 0 Å². The smallest absolute Gasteiger partial charge is 0.221 e. The minimum Gasteiger partial charge on any atom is -0.504 e. The average molecular weight is 174 g/mol. The molecule has 0 atom stereocenters. The van der Waals surface area contributed by atoms with Crippen LogP contribution in [-0.4, -0.2) is 23.5 Å². The summed E-state index contributed by atoms with van der Waals surface area (Å²) in [7, 11) is -2.46. The first-order valence-electron chi connectivity index (χ1n) is 2.87. The van der Waals surface area contributed by atoms with Crippen molar-refractivity contribution in [3.8, 4) is 0 Å². The van der Waals surface area contributed by atoms with E-state index in [0.29, 0.717) is 0 Å². The SMILES string of the molecule is O=S(=O)=C1CC=CC(O)=C1O. The molecule has 0 unspecified atom stereocenters. The fourth-order valence-corrected chi connectivity index (χ4v) is 1.24. The van der Waals surface area contributed by atoms with Crippen molar-refractivity contribution < 1.29 is 18.6 Å². The Morgan fingerprint density at radius 3 is 2.45 bits per heavy atom. The number of allylic oxidation sites excluding steroid dienone is 3. The average Bonchev–Trinajstić information content (AvgIpc) is 1.94. The summed E-state index contributed by atoms with van der Waals surface area (Å²) in [6.07, 6.45) is 2.85. The third-order valence-corrected chi connectivity index (χ3v) is 2.05. The second kappa shape index (κ2) is 2.79. The summed E-state index contributed by atoms with van der Waals surface area (Å²) in [5, 5.41) is 17.8. The molecule has 5 heteroatoms. The van der Waals surface area contributed by atoms with Gasteiger partial charge in [0.25, 0.3) is 0 Å². The van der Waals surface area contributed by atoms with E-state index in [9.17, 15) is 8.42 Å². The molecule has 1 rings (SSSR count). The molecule has 0 heterocycles. The quantitative estimate of drug-likeness (QED) is 0.519. The normalized spacial score (nSPS) is 17.3. The van der Waals surface area contributed by atoms with Crippen molar-refractivity contribution in [2.45, 2.75) is 6.42 Å². The lowest BCUT2D eigenvalue weighted by molar-refractivity contribution is 0.357. The highest BCUT2D eigenvalue weighted by molar-refractivity contribution is 7.73. The third kappa shape index (κ3) is 1.43. The number of hydrogen-bond donors (Lipinski definition) is 2. The standard InChI is InChI=1S/C6H6O4S/c7-4-2-1-3-5(6(4)8)11(9)10/h1-2,7-8H,3H2. The molecule has 0 radical (unpaired) electrons. The highest BCUT2D eigenvalue weighted by atomic mass is 32.2. The van der Waals surface area contributed by atoms with Crippen molar-refractivity contribution in [1.29, 1.82) is 0 Å². The lowest BCUT2D eigenvalue weighted by Gasteiger charge is -2.04. The Bertz CT molecular complexity index is 350. The van der Waals surface area contributed by atoms with E-state index in [1.54, 1.807) is 0 Å². The Morgan fingerprint density at radius 1 is 1.36 bits per heavy atom. The Kier molecular flexibility index (Phi) is 2.00. The van der Waals surface area contributed by atoms with E-state index in [1.165, 1.54) is 12.2 Å². The zero-order valence-electron chi connectivity index (χ0n) is 5.48. The summed E-state index contributed by atoms with van der Waals surface area (Å²) >= 11 is 0. The van der Waals surface area contributed by atoms with Gasteiger partial charge in [0.1, 0.15) is 4.86 Å². The summed E-state index contributed by atoms with van der Waals surface area (Å²) in [5.74, 6) is -0.962. The van der Waals surface area contributed by atoms with E-state index in [2.05, 4.69) is 0 Å². The summed E-state index contributed by atoms with van der Waals surface area (Å²) in [5.41, 5.74) is 0. The maximum Gasteiger partial charge on any atom is 0.221 e. The van der Waals surface area contributed by atoms with Gasteiger partial charge in [0.2, 0.25) is 10.3 Å². The van der Waals surface area contributed by atoms with Gasteiger partial charge < -0.3 is 10.2 Å². The van der Waals surface area contributed by atoms with Crippen molar-refractivity contribution in [2.24, 2.45) is 0 Å². The fourth-order valence-electron chi connectivity index (χ4n) is 0.743. The van der Waals surface area contributed by atoms with E-state index >= 15 is 0 Å². The molecule has 0 aromatic heterocycles. The van der Waals surface area contributed by atoms with Crippen LogP contribution in [0.5, 0.6) is 0 Å². The van der Waals surface area contributed by atoms with Crippen LogP contribution in [0.4, 0.5) is 0 Å². The summed E-state index contributed by atoms with van der Waals surface area (Å²) in [4.78, 5) is -0.176. The van der Waals surface area contributed by atoms with E-state index in [4.69, 9.17) is 10.2 Å². The highest BCUT2D eigenvalue weighted by Crippen LogP contribution is 2.10. The minimum atomic E-state index is -2.46. The maximum atomic E-state index is 10.3. The first-order valence-corrected chi connectivity index (χ1v) is 3.94. The summed E-state index contributed by atoms with van der Waals surface area (Å²) < 4.78 is 20.7. The number of rotatable bonds is 0. The van der Waals surface area contributed by atoms with Gasteiger partial charge in [-0.15, -0.1) is 0 Å². The van der Waals surface area contributed by atoms with Crippen molar-refractivity contribution in [3.05, 3.63) is 23.7 Å². The number of aliphatic hydroxyl groups excluding tert-OH is 2. The predicted octanol–water partition coefficient (Wildman–Crippen LogP) is 0.325. The lowest BCUT2D eigenvalue weighted by Crippen LogP contribution is -2.08. The van der Waals surface area contributed by atoms with Gasteiger partial charge in [-0.1, -0.05) is 6.08 Å². The zero-order chi connectivity index (χ0) is 8.43. The molecule has 4 nitrogen and oxygen atoms in total. The largest absolute Gasteiger partial charge is 0.504 e. The van der Waals surface area contributed by atoms with Gasteiger partial charge in [-0.2, -0.15) is 8.42 Å². The van der Waals surface area contributed by atoms with Crippen molar-refractivity contribution in [3.63, 3.8) is 0 Å². The van der Waals surface area contributed by atoms with E-state index in [1.807, 2.05) is 0 Å². The Morgan fingerprint density at radius 2 is 2.00 bits per heavy atom.